The SMILES string of the molecule is CNC(C)(C#N)CN1CCCC2CCCC21. The molecule has 3 nitrogen and oxygen atoms in total. The number of piperidine rings is 1. The molecule has 1 heterocycles. The predicted octanol–water partition coefficient (Wildman–Crippen LogP) is 1.75. The summed E-state index contributed by atoms with van der Waals surface area (Å²) in [4.78, 5) is 2.56. The molecule has 1 aliphatic carbocycles. The Labute approximate surface area is 98.8 Å². The van der Waals surface area contributed by atoms with Crippen molar-refractivity contribution >= 4 is 0 Å². The molecule has 0 radical (unpaired) electrons. The van der Waals surface area contributed by atoms with Crippen LogP contribution >= 0.6 is 0 Å². The Bertz CT molecular complexity index is 283. The first-order valence-electron chi connectivity index (χ1n) is 6.53. The normalized spacial score (nSPS) is 34.1. The van der Waals surface area contributed by atoms with Gasteiger partial charge in [0.15, 0.2) is 0 Å². The van der Waals surface area contributed by atoms with Gasteiger partial charge in [-0.25, -0.2) is 0 Å². The molecule has 1 aliphatic heterocycles. The minimum atomic E-state index is -0.384. The van der Waals surface area contributed by atoms with E-state index < -0.39 is 0 Å². The van der Waals surface area contributed by atoms with Crippen LogP contribution in [-0.2, 0) is 0 Å². The summed E-state index contributed by atoms with van der Waals surface area (Å²) >= 11 is 0. The van der Waals surface area contributed by atoms with Gasteiger partial charge in [-0.05, 0) is 52.1 Å². The second-order valence-corrected chi connectivity index (χ2v) is 5.56. The Hall–Kier alpha value is -0.590. The maximum Gasteiger partial charge on any atom is 0.116 e. The van der Waals surface area contributed by atoms with Gasteiger partial charge in [-0.15, -0.1) is 0 Å². The highest BCUT2D eigenvalue weighted by molar-refractivity contribution is 5.06. The molecule has 3 atom stereocenters. The molecule has 1 saturated carbocycles. The van der Waals surface area contributed by atoms with E-state index in [0.717, 1.165) is 18.5 Å². The van der Waals surface area contributed by atoms with Crippen LogP contribution in [0.4, 0.5) is 0 Å². The van der Waals surface area contributed by atoms with Crippen LogP contribution in [0.2, 0.25) is 0 Å². The predicted molar refractivity (Wildman–Crippen MR) is 65.0 cm³/mol. The number of hydrogen-bond acceptors (Lipinski definition) is 3. The summed E-state index contributed by atoms with van der Waals surface area (Å²) in [5.74, 6) is 0.911. The molecule has 3 unspecified atom stereocenters. The van der Waals surface area contributed by atoms with E-state index in [-0.39, 0.29) is 5.54 Å². The van der Waals surface area contributed by atoms with Crippen LogP contribution in [0.15, 0.2) is 0 Å². The third-order valence-electron chi connectivity index (χ3n) is 4.43. The zero-order valence-corrected chi connectivity index (χ0v) is 10.5. The summed E-state index contributed by atoms with van der Waals surface area (Å²) < 4.78 is 0. The molecule has 2 rings (SSSR count). The lowest BCUT2D eigenvalue weighted by Gasteiger charge is -2.41. The molecular weight excluding hydrogens is 198 g/mol. The molecular formula is C13H23N3. The van der Waals surface area contributed by atoms with Crippen molar-refractivity contribution in [2.45, 2.75) is 50.6 Å². The van der Waals surface area contributed by atoms with Gasteiger partial charge in [0, 0.05) is 12.6 Å². The van der Waals surface area contributed by atoms with E-state index in [4.69, 9.17) is 0 Å². The van der Waals surface area contributed by atoms with Gasteiger partial charge in [0.25, 0.3) is 0 Å². The number of hydrogen-bond donors (Lipinski definition) is 1. The second-order valence-electron chi connectivity index (χ2n) is 5.56. The van der Waals surface area contributed by atoms with E-state index in [0.29, 0.717) is 0 Å². The lowest BCUT2D eigenvalue weighted by atomic mass is 9.90. The van der Waals surface area contributed by atoms with Crippen LogP contribution in [0.25, 0.3) is 0 Å². The van der Waals surface area contributed by atoms with Crippen molar-refractivity contribution in [3.8, 4) is 6.07 Å². The molecule has 2 fully saturated rings. The number of rotatable bonds is 3. The molecule has 16 heavy (non-hydrogen) atoms. The fraction of sp³-hybridized carbons (Fsp3) is 0.923. The van der Waals surface area contributed by atoms with E-state index in [9.17, 15) is 5.26 Å². The third-order valence-corrected chi connectivity index (χ3v) is 4.43. The average Bonchev–Trinajstić information content (AvgIpc) is 2.78. The van der Waals surface area contributed by atoms with Crippen molar-refractivity contribution in [2.24, 2.45) is 5.92 Å². The Morgan fingerprint density at radius 1 is 1.38 bits per heavy atom. The van der Waals surface area contributed by atoms with E-state index in [1.165, 1.54) is 38.6 Å². The van der Waals surface area contributed by atoms with Gasteiger partial charge in [0.2, 0.25) is 0 Å². The molecule has 0 bridgehead atoms. The minimum Gasteiger partial charge on any atom is -0.302 e. The molecule has 0 aromatic heterocycles. The molecule has 90 valence electrons. The summed E-state index contributed by atoms with van der Waals surface area (Å²) in [6.45, 7) is 4.06. The van der Waals surface area contributed by atoms with Gasteiger partial charge in [0.1, 0.15) is 5.54 Å². The molecule has 1 saturated heterocycles. The van der Waals surface area contributed by atoms with Crippen LogP contribution in [0.1, 0.15) is 39.0 Å². The number of nitrogens with one attached hydrogen (secondary N) is 1. The van der Waals surface area contributed by atoms with Crippen molar-refractivity contribution in [1.82, 2.24) is 10.2 Å². The Balaban J connectivity index is 2.01. The highest BCUT2D eigenvalue weighted by Crippen LogP contribution is 2.37. The summed E-state index contributed by atoms with van der Waals surface area (Å²) in [5.41, 5.74) is -0.384. The van der Waals surface area contributed by atoms with Crippen LogP contribution in [0.3, 0.4) is 0 Å². The number of nitrogens with zero attached hydrogens (tertiary/aromatic N) is 2. The lowest BCUT2D eigenvalue weighted by molar-refractivity contribution is 0.0937. The van der Waals surface area contributed by atoms with Crippen molar-refractivity contribution in [3.05, 3.63) is 0 Å². The standard InChI is InChI=1S/C13H23N3/c1-13(9-14,15-2)10-16-8-4-6-11-5-3-7-12(11)16/h11-12,15H,3-8,10H2,1-2H3. The number of fused-ring (bicyclic) bond motifs is 1. The van der Waals surface area contributed by atoms with Gasteiger partial charge >= 0.3 is 0 Å². The first kappa shape index (κ1) is 11.9. The smallest absolute Gasteiger partial charge is 0.116 e. The number of likely N-dealkylation sites (tertiary alicyclic amines) is 1. The molecule has 0 spiro atoms. The summed E-state index contributed by atoms with van der Waals surface area (Å²) in [7, 11) is 1.89. The van der Waals surface area contributed by atoms with E-state index in [1.807, 2.05) is 14.0 Å². The maximum atomic E-state index is 9.22. The zero-order chi connectivity index (χ0) is 11.6. The molecule has 0 aromatic rings. The van der Waals surface area contributed by atoms with Crippen LogP contribution in [0, 0.1) is 17.2 Å². The third kappa shape index (κ3) is 2.23. The van der Waals surface area contributed by atoms with Crippen molar-refractivity contribution in [1.29, 1.82) is 5.26 Å². The summed E-state index contributed by atoms with van der Waals surface area (Å²) in [6.07, 6.45) is 6.85. The van der Waals surface area contributed by atoms with E-state index >= 15 is 0 Å². The van der Waals surface area contributed by atoms with Gasteiger partial charge in [0.05, 0.1) is 6.07 Å². The van der Waals surface area contributed by atoms with Gasteiger partial charge < -0.3 is 5.32 Å². The zero-order valence-electron chi connectivity index (χ0n) is 10.5. The first-order chi connectivity index (χ1) is 7.68. The molecule has 3 heteroatoms. The molecule has 2 aliphatic rings. The van der Waals surface area contributed by atoms with Gasteiger partial charge in [-0.3, -0.25) is 4.90 Å². The van der Waals surface area contributed by atoms with Crippen molar-refractivity contribution in [3.63, 3.8) is 0 Å². The average molecular weight is 221 g/mol. The highest BCUT2D eigenvalue weighted by Gasteiger charge is 2.37. The Morgan fingerprint density at radius 2 is 2.12 bits per heavy atom. The number of likely N-dealkylation sites (N-methyl/N-ethyl adjacent to an activating group) is 1. The Morgan fingerprint density at radius 3 is 2.81 bits per heavy atom. The monoisotopic (exact) mass is 221 g/mol. The van der Waals surface area contributed by atoms with Gasteiger partial charge in [-0.2, -0.15) is 5.26 Å². The number of nitriles is 1. The van der Waals surface area contributed by atoms with Crippen LogP contribution < -0.4 is 5.32 Å². The molecule has 1 N–H and O–H groups in total. The van der Waals surface area contributed by atoms with Gasteiger partial charge in [-0.1, -0.05) is 6.42 Å². The molecule has 0 amide bonds. The minimum absolute atomic E-state index is 0.384. The van der Waals surface area contributed by atoms with Crippen LogP contribution in [0.5, 0.6) is 0 Å². The largest absolute Gasteiger partial charge is 0.302 e. The summed E-state index contributed by atoms with van der Waals surface area (Å²) in [5, 5.41) is 12.4. The fourth-order valence-corrected chi connectivity index (χ4v) is 3.33. The molecule has 0 aromatic carbocycles. The Kier molecular flexibility index (Phi) is 3.51. The fourth-order valence-electron chi connectivity index (χ4n) is 3.33. The van der Waals surface area contributed by atoms with E-state index in [2.05, 4.69) is 16.3 Å². The second kappa shape index (κ2) is 4.73. The van der Waals surface area contributed by atoms with Crippen LogP contribution in [-0.4, -0.2) is 36.6 Å². The van der Waals surface area contributed by atoms with Crippen molar-refractivity contribution in [2.75, 3.05) is 20.1 Å². The van der Waals surface area contributed by atoms with E-state index in [1.54, 1.807) is 0 Å². The van der Waals surface area contributed by atoms with Crippen molar-refractivity contribution < 1.29 is 0 Å². The summed E-state index contributed by atoms with van der Waals surface area (Å²) in [6, 6.07) is 3.16. The lowest BCUT2D eigenvalue weighted by Crippen LogP contribution is -2.54. The quantitative estimate of drug-likeness (QED) is 0.789. The highest BCUT2D eigenvalue weighted by atomic mass is 15.2. The maximum absolute atomic E-state index is 9.22. The topological polar surface area (TPSA) is 39.1 Å². The first-order valence-corrected chi connectivity index (χ1v) is 6.53.